The fourth-order valence-electron chi connectivity index (χ4n) is 3.84. The van der Waals surface area contributed by atoms with Crippen LogP contribution in [0.1, 0.15) is 55.3 Å². The molecule has 0 bridgehead atoms. The van der Waals surface area contributed by atoms with E-state index in [1.54, 1.807) is 18.3 Å². The maximum absolute atomic E-state index is 14.4. The highest BCUT2D eigenvalue weighted by atomic mass is 32.2. The molecule has 35 heavy (non-hydrogen) atoms. The van der Waals surface area contributed by atoms with Gasteiger partial charge in [-0.3, -0.25) is 4.79 Å². The lowest BCUT2D eigenvalue weighted by Crippen LogP contribution is -2.17. The first kappa shape index (κ1) is 26.9. The molecule has 188 valence electrons. The van der Waals surface area contributed by atoms with Gasteiger partial charge in [0.05, 0.1) is 13.5 Å². The first-order valence-electron chi connectivity index (χ1n) is 10.8. The number of nitrogens with two attached hydrogens (primary N) is 1. The minimum Gasteiger partial charge on any atom is -0.481 e. The Hall–Kier alpha value is -2.73. The summed E-state index contributed by atoms with van der Waals surface area (Å²) in [6.45, 7) is 8.81. The molecule has 1 unspecified atom stereocenters. The van der Waals surface area contributed by atoms with Crippen LogP contribution in [0.2, 0.25) is 0 Å². The van der Waals surface area contributed by atoms with Gasteiger partial charge in [0.15, 0.2) is 14.1 Å². The van der Waals surface area contributed by atoms with E-state index in [4.69, 9.17) is 9.88 Å². The van der Waals surface area contributed by atoms with Gasteiger partial charge >= 0.3 is 0 Å². The van der Waals surface area contributed by atoms with Crippen molar-refractivity contribution >= 4 is 27.2 Å². The monoisotopic (exact) mass is 520 g/mol. The van der Waals surface area contributed by atoms with Crippen LogP contribution in [0.25, 0.3) is 11.1 Å². The summed E-state index contributed by atoms with van der Waals surface area (Å²) in [5.41, 5.74) is 2.76. The number of aryl methyl sites for hydroxylation is 1. The number of benzene rings is 1. The average molecular weight is 521 g/mol. The minimum absolute atomic E-state index is 0.0134. The number of carbonyl (C=O) groups excluding carboxylic acids is 1. The maximum Gasteiger partial charge on any atom is 0.259 e. The summed E-state index contributed by atoms with van der Waals surface area (Å²) < 4.78 is 36.0. The molecule has 2 aromatic heterocycles. The summed E-state index contributed by atoms with van der Waals surface area (Å²) in [5.74, 6) is -1.37. The zero-order valence-corrected chi connectivity index (χ0v) is 22.1. The van der Waals surface area contributed by atoms with Gasteiger partial charge in [0.25, 0.3) is 5.91 Å². The van der Waals surface area contributed by atoms with Gasteiger partial charge in [-0.25, -0.2) is 19.3 Å². The van der Waals surface area contributed by atoms with E-state index in [9.17, 15) is 18.5 Å². The summed E-state index contributed by atoms with van der Waals surface area (Å²) in [4.78, 5) is 20.8. The summed E-state index contributed by atoms with van der Waals surface area (Å²) in [7, 11) is -2.40. The van der Waals surface area contributed by atoms with Crippen molar-refractivity contribution in [2.24, 2.45) is 9.50 Å². The maximum atomic E-state index is 14.4. The normalized spacial score (nSPS) is 13.5. The van der Waals surface area contributed by atoms with Crippen LogP contribution in [0.15, 0.2) is 39.0 Å². The first-order valence-corrected chi connectivity index (χ1v) is 13.2. The Bertz CT molecular complexity index is 1390. The molecule has 0 radical (unpaired) electrons. The van der Waals surface area contributed by atoms with Gasteiger partial charge in [0.2, 0.25) is 11.8 Å². The van der Waals surface area contributed by atoms with Gasteiger partial charge in [0.1, 0.15) is 10.6 Å². The van der Waals surface area contributed by atoms with Crippen molar-refractivity contribution < 1.29 is 23.2 Å². The summed E-state index contributed by atoms with van der Waals surface area (Å²) in [6.07, 6.45) is 1.42. The molecule has 1 atom stereocenters. The Balaban J connectivity index is 2.10. The molecule has 0 spiro atoms. The van der Waals surface area contributed by atoms with Gasteiger partial charge < -0.3 is 9.84 Å². The lowest BCUT2D eigenvalue weighted by atomic mass is 9.85. The van der Waals surface area contributed by atoms with E-state index >= 15 is 0 Å². The highest BCUT2D eigenvalue weighted by molar-refractivity contribution is 7.93. The molecular formula is C24H29FN4O4S2. The molecular weight excluding hydrogens is 491 g/mol. The number of nitrogens with zero attached hydrogens (tertiary/aromatic N) is 3. The van der Waals surface area contributed by atoms with Crippen LogP contribution in [0.4, 0.5) is 4.39 Å². The molecule has 3 N–H and O–H groups in total. The highest BCUT2D eigenvalue weighted by Crippen LogP contribution is 2.35. The van der Waals surface area contributed by atoms with Crippen LogP contribution < -0.4 is 9.88 Å². The van der Waals surface area contributed by atoms with E-state index in [-0.39, 0.29) is 17.3 Å². The van der Waals surface area contributed by atoms with Crippen LogP contribution >= 0.6 is 11.3 Å². The van der Waals surface area contributed by atoms with Crippen molar-refractivity contribution in [3.05, 3.63) is 58.1 Å². The van der Waals surface area contributed by atoms with E-state index in [0.717, 1.165) is 22.3 Å². The third kappa shape index (κ3) is 5.92. The fraction of sp³-hybridized carbons (Fsp3) is 0.375. The van der Waals surface area contributed by atoms with Gasteiger partial charge in [-0.1, -0.05) is 26.0 Å². The number of hydrogen-bond acceptors (Lipinski definition) is 7. The molecule has 0 saturated carbocycles. The number of rotatable bonds is 7. The number of carbonyl (C=O) groups is 1. The number of hydrogen-bond donors (Lipinski definition) is 2. The van der Waals surface area contributed by atoms with Gasteiger partial charge in [0, 0.05) is 12.3 Å². The van der Waals surface area contributed by atoms with E-state index in [2.05, 4.69) is 14.3 Å². The number of aliphatic hydroxyl groups is 1. The van der Waals surface area contributed by atoms with Gasteiger partial charge in [-0.15, -0.1) is 15.7 Å². The standard InChI is InChI=1S/C24H29FN4O4S2/c1-13(2)20-14(3)7-8-16(15-9-10-27-19(11-15)33-6)17(20)12-18(30)29-35(26,32)22-21(25)28-23(34-22)24(4,5)31/h7-11,13,31H,12H2,1-6H3,(H2,26,29,30,32). The Kier molecular flexibility index (Phi) is 7.75. The third-order valence-corrected chi connectivity index (χ3v) is 8.60. The van der Waals surface area contributed by atoms with Crippen molar-refractivity contribution in [1.29, 1.82) is 0 Å². The van der Waals surface area contributed by atoms with Crippen molar-refractivity contribution in [2.75, 3.05) is 7.11 Å². The third-order valence-electron chi connectivity index (χ3n) is 5.32. The molecule has 3 aromatic rings. The minimum atomic E-state index is -3.92. The number of ether oxygens (including phenoxy) is 1. The highest BCUT2D eigenvalue weighted by Gasteiger charge is 2.28. The Morgan fingerprint density at radius 3 is 2.60 bits per heavy atom. The molecule has 1 amide bonds. The molecule has 0 saturated heterocycles. The van der Waals surface area contributed by atoms with E-state index in [1.165, 1.54) is 21.0 Å². The van der Waals surface area contributed by atoms with Crippen LogP contribution in [0.5, 0.6) is 5.88 Å². The fourth-order valence-corrected chi connectivity index (χ4v) is 6.09. The first-order chi connectivity index (χ1) is 16.2. The summed E-state index contributed by atoms with van der Waals surface area (Å²) in [5, 5.41) is 15.9. The molecule has 8 nitrogen and oxygen atoms in total. The van der Waals surface area contributed by atoms with Crippen LogP contribution in [-0.2, 0) is 26.7 Å². The predicted molar refractivity (Wildman–Crippen MR) is 134 cm³/mol. The zero-order valence-electron chi connectivity index (χ0n) is 20.5. The largest absolute Gasteiger partial charge is 0.481 e. The molecule has 0 aliphatic heterocycles. The van der Waals surface area contributed by atoms with Gasteiger partial charge in [-0.2, -0.15) is 4.39 Å². The van der Waals surface area contributed by atoms with E-state index in [0.29, 0.717) is 22.8 Å². The number of thiazole rings is 1. The molecule has 11 heteroatoms. The topological polar surface area (TPSA) is 128 Å². The van der Waals surface area contributed by atoms with E-state index < -0.39 is 31.6 Å². The van der Waals surface area contributed by atoms with Crippen LogP contribution in [0, 0.1) is 12.9 Å². The molecule has 0 aliphatic rings. The number of halogens is 1. The predicted octanol–water partition coefficient (Wildman–Crippen LogP) is 4.48. The molecule has 2 heterocycles. The quantitative estimate of drug-likeness (QED) is 0.473. The second kappa shape index (κ2) is 10.1. The Morgan fingerprint density at radius 2 is 2.03 bits per heavy atom. The zero-order chi connectivity index (χ0) is 26.1. The van der Waals surface area contributed by atoms with Gasteiger partial charge in [-0.05, 0) is 60.6 Å². The van der Waals surface area contributed by atoms with Crippen molar-refractivity contribution in [2.45, 2.75) is 56.8 Å². The number of amides is 1. The molecule has 0 fully saturated rings. The Morgan fingerprint density at radius 1 is 1.34 bits per heavy atom. The van der Waals surface area contributed by atoms with Crippen LogP contribution in [0.3, 0.4) is 0 Å². The number of pyridine rings is 1. The number of methoxy groups -OCH3 is 1. The number of aromatic nitrogens is 2. The van der Waals surface area contributed by atoms with Crippen LogP contribution in [-0.4, -0.2) is 32.3 Å². The molecule has 0 aliphatic carbocycles. The van der Waals surface area contributed by atoms with E-state index in [1.807, 2.05) is 32.9 Å². The summed E-state index contributed by atoms with van der Waals surface area (Å²) >= 11 is 0.633. The molecule has 1 aromatic carbocycles. The van der Waals surface area contributed by atoms with Crippen molar-refractivity contribution in [3.8, 4) is 17.0 Å². The smallest absolute Gasteiger partial charge is 0.259 e. The van der Waals surface area contributed by atoms with Crippen molar-refractivity contribution in [3.63, 3.8) is 0 Å². The second-order valence-electron chi connectivity index (χ2n) is 8.95. The second-order valence-corrected chi connectivity index (χ2v) is 11.9. The Labute approximate surface area is 208 Å². The lowest BCUT2D eigenvalue weighted by Gasteiger charge is -2.20. The summed E-state index contributed by atoms with van der Waals surface area (Å²) in [6, 6.07) is 7.44. The lowest BCUT2D eigenvalue weighted by molar-refractivity contribution is -0.117. The molecule has 3 rings (SSSR count). The average Bonchev–Trinajstić information content (AvgIpc) is 3.16. The SMILES string of the molecule is COc1cc(-c2ccc(C)c(C(C)C)c2CC(=O)N=S(N)(=O)c2sc(C(C)(C)O)nc2F)ccn1. The van der Waals surface area contributed by atoms with Crippen molar-refractivity contribution in [1.82, 2.24) is 9.97 Å².